The molecule has 0 aliphatic carbocycles. The summed E-state index contributed by atoms with van der Waals surface area (Å²) < 4.78 is 20.5. The third-order valence-corrected chi connectivity index (χ3v) is 4.84. The van der Waals surface area contributed by atoms with Gasteiger partial charge in [0.2, 0.25) is 0 Å². The number of halogens is 1. The van der Waals surface area contributed by atoms with Gasteiger partial charge in [-0.2, -0.15) is 10.2 Å². The van der Waals surface area contributed by atoms with Crippen molar-refractivity contribution >= 4 is 12.1 Å². The Morgan fingerprint density at radius 3 is 2.48 bits per heavy atom. The molecule has 0 bridgehead atoms. The van der Waals surface area contributed by atoms with Gasteiger partial charge in [0.05, 0.1) is 18.5 Å². The average molecular weight is 442 g/mol. The first-order valence-corrected chi connectivity index (χ1v) is 10.6. The molecular weight excluding hydrogens is 419 g/mol. The number of amides is 1. The van der Waals surface area contributed by atoms with E-state index < -0.39 is 11.7 Å². The average Bonchev–Trinajstić information content (AvgIpc) is 3.28. The van der Waals surface area contributed by atoms with Crippen molar-refractivity contribution in [3.05, 3.63) is 102 Å². The van der Waals surface area contributed by atoms with E-state index in [1.807, 2.05) is 60.8 Å². The number of nitrogens with zero attached hydrogens (tertiary/aromatic N) is 3. The zero-order valence-electron chi connectivity index (χ0n) is 18.1. The summed E-state index contributed by atoms with van der Waals surface area (Å²) in [6.45, 7) is 2.72. The van der Waals surface area contributed by atoms with Gasteiger partial charge in [0.25, 0.3) is 5.91 Å². The molecule has 0 saturated carbocycles. The molecule has 7 heteroatoms. The van der Waals surface area contributed by atoms with E-state index in [9.17, 15) is 9.18 Å². The third kappa shape index (κ3) is 5.51. The molecule has 0 saturated heterocycles. The van der Waals surface area contributed by atoms with Crippen LogP contribution in [0.5, 0.6) is 5.75 Å². The molecular formula is C26H23FN4O2. The number of hydrogen-bond donors (Lipinski definition) is 1. The standard InChI is InChI=1S/C26H23FN4O2/c1-2-16-33-24-14-10-19(11-15-24)25-21(18-31(30-25)23-6-4-3-5-7-23)17-28-29-26(32)20-8-12-22(27)13-9-20/h3-15,17-18H,2,16H2,1H3,(H,29,32). The van der Waals surface area contributed by atoms with Gasteiger partial charge in [-0.1, -0.05) is 25.1 Å². The highest BCUT2D eigenvalue weighted by molar-refractivity contribution is 5.95. The first kappa shape index (κ1) is 22.0. The molecule has 166 valence electrons. The predicted molar refractivity (Wildman–Crippen MR) is 126 cm³/mol. The van der Waals surface area contributed by atoms with Crippen molar-refractivity contribution in [3.8, 4) is 22.7 Å². The van der Waals surface area contributed by atoms with Crippen molar-refractivity contribution in [2.45, 2.75) is 13.3 Å². The molecule has 1 heterocycles. The van der Waals surface area contributed by atoms with Gasteiger partial charge in [0.15, 0.2) is 0 Å². The monoisotopic (exact) mass is 442 g/mol. The lowest BCUT2D eigenvalue weighted by molar-refractivity contribution is 0.0955. The van der Waals surface area contributed by atoms with Crippen LogP contribution in [0.2, 0.25) is 0 Å². The lowest BCUT2D eigenvalue weighted by Gasteiger charge is -2.05. The first-order valence-electron chi connectivity index (χ1n) is 10.6. The van der Waals surface area contributed by atoms with Crippen LogP contribution in [0.25, 0.3) is 16.9 Å². The first-order chi connectivity index (χ1) is 16.1. The number of carbonyl (C=O) groups excluding carboxylic acids is 1. The molecule has 0 fully saturated rings. The number of rotatable bonds is 8. The van der Waals surface area contributed by atoms with Crippen LogP contribution in [0.1, 0.15) is 29.3 Å². The number of benzene rings is 3. The van der Waals surface area contributed by atoms with E-state index in [1.54, 1.807) is 10.9 Å². The van der Waals surface area contributed by atoms with E-state index in [0.29, 0.717) is 17.9 Å². The van der Waals surface area contributed by atoms with Crippen molar-refractivity contribution in [2.75, 3.05) is 6.61 Å². The van der Waals surface area contributed by atoms with Gasteiger partial charge in [-0.3, -0.25) is 4.79 Å². The van der Waals surface area contributed by atoms with E-state index in [2.05, 4.69) is 17.5 Å². The van der Waals surface area contributed by atoms with Crippen LogP contribution in [0.3, 0.4) is 0 Å². The summed E-state index contributed by atoms with van der Waals surface area (Å²) in [5.74, 6) is -0.0373. The summed E-state index contributed by atoms with van der Waals surface area (Å²) in [6, 6.07) is 22.7. The molecule has 0 atom stereocenters. The van der Waals surface area contributed by atoms with Crippen LogP contribution in [0.4, 0.5) is 4.39 Å². The molecule has 0 spiro atoms. The van der Waals surface area contributed by atoms with Crippen LogP contribution in [0, 0.1) is 5.82 Å². The van der Waals surface area contributed by atoms with Crippen LogP contribution >= 0.6 is 0 Å². The predicted octanol–water partition coefficient (Wildman–Crippen LogP) is 5.23. The SMILES string of the molecule is CCCOc1ccc(-c2nn(-c3ccccc3)cc2C=NNC(=O)c2ccc(F)cc2)cc1. The molecule has 0 unspecified atom stereocenters. The van der Waals surface area contributed by atoms with E-state index in [1.165, 1.54) is 24.3 Å². The van der Waals surface area contributed by atoms with Crippen molar-refractivity contribution in [1.82, 2.24) is 15.2 Å². The highest BCUT2D eigenvalue weighted by Crippen LogP contribution is 2.25. The van der Waals surface area contributed by atoms with Gasteiger partial charge in [0.1, 0.15) is 17.3 Å². The Hall–Kier alpha value is -4.26. The second-order valence-corrected chi connectivity index (χ2v) is 7.29. The number of hydrazone groups is 1. The van der Waals surface area contributed by atoms with E-state index in [0.717, 1.165) is 29.0 Å². The van der Waals surface area contributed by atoms with E-state index in [4.69, 9.17) is 9.84 Å². The Bertz CT molecular complexity index is 1230. The topological polar surface area (TPSA) is 68.5 Å². The maximum Gasteiger partial charge on any atom is 0.271 e. The number of para-hydroxylation sites is 1. The van der Waals surface area contributed by atoms with E-state index in [-0.39, 0.29) is 0 Å². The van der Waals surface area contributed by atoms with Crippen LogP contribution in [-0.4, -0.2) is 28.5 Å². The molecule has 3 aromatic carbocycles. The minimum atomic E-state index is -0.430. The summed E-state index contributed by atoms with van der Waals surface area (Å²) in [4.78, 5) is 12.3. The van der Waals surface area contributed by atoms with Crippen molar-refractivity contribution in [1.29, 1.82) is 0 Å². The Morgan fingerprint density at radius 1 is 1.06 bits per heavy atom. The molecule has 4 rings (SSSR count). The number of hydrogen-bond acceptors (Lipinski definition) is 4. The van der Waals surface area contributed by atoms with Crippen LogP contribution in [-0.2, 0) is 0 Å². The zero-order chi connectivity index (χ0) is 23.0. The van der Waals surface area contributed by atoms with Gasteiger partial charge in [-0.05, 0) is 67.1 Å². The van der Waals surface area contributed by atoms with Crippen molar-refractivity contribution in [2.24, 2.45) is 5.10 Å². The lowest BCUT2D eigenvalue weighted by atomic mass is 10.1. The quantitative estimate of drug-likeness (QED) is 0.300. The number of ether oxygens (including phenoxy) is 1. The highest BCUT2D eigenvalue weighted by Gasteiger charge is 2.12. The fourth-order valence-electron chi connectivity index (χ4n) is 3.17. The normalized spacial score (nSPS) is 11.0. The van der Waals surface area contributed by atoms with Gasteiger partial charge in [-0.25, -0.2) is 14.5 Å². The van der Waals surface area contributed by atoms with Gasteiger partial charge in [0, 0.05) is 22.9 Å². The van der Waals surface area contributed by atoms with Crippen molar-refractivity contribution in [3.63, 3.8) is 0 Å². The Morgan fingerprint density at radius 2 is 1.79 bits per heavy atom. The van der Waals surface area contributed by atoms with Crippen molar-refractivity contribution < 1.29 is 13.9 Å². The molecule has 0 aliphatic rings. The number of nitrogens with one attached hydrogen (secondary N) is 1. The third-order valence-electron chi connectivity index (χ3n) is 4.84. The molecule has 6 nitrogen and oxygen atoms in total. The number of aromatic nitrogens is 2. The minimum Gasteiger partial charge on any atom is -0.494 e. The smallest absolute Gasteiger partial charge is 0.271 e. The molecule has 1 N–H and O–H groups in total. The Kier molecular flexibility index (Phi) is 6.90. The van der Waals surface area contributed by atoms with E-state index >= 15 is 0 Å². The largest absolute Gasteiger partial charge is 0.494 e. The summed E-state index contributed by atoms with van der Waals surface area (Å²) in [7, 11) is 0. The van der Waals surface area contributed by atoms with Gasteiger partial charge < -0.3 is 4.74 Å². The molecule has 0 aliphatic heterocycles. The number of carbonyl (C=O) groups is 1. The summed E-state index contributed by atoms with van der Waals surface area (Å²) >= 11 is 0. The summed E-state index contributed by atoms with van der Waals surface area (Å²) in [6.07, 6.45) is 4.33. The Labute approximate surface area is 191 Å². The van der Waals surface area contributed by atoms with Gasteiger partial charge in [-0.15, -0.1) is 0 Å². The molecule has 33 heavy (non-hydrogen) atoms. The minimum absolute atomic E-state index is 0.316. The second-order valence-electron chi connectivity index (χ2n) is 7.29. The second kappa shape index (κ2) is 10.4. The molecule has 0 radical (unpaired) electrons. The summed E-state index contributed by atoms with van der Waals surface area (Å²) in [5, 5.41) is 8.83. The molecule has 4 aromatic rings. The van der Waals surface area contributed by atoms with Crippen LogP contribution < -0.4 is 10.2 Å². The zero-order valence-corrected chi connectivity index (χ0v) is 18.1. The summed E-state index contributed by atoms with van der Waals surface area (Å²) in [5.41, 5.74) is 6.01. The lowest BCUT2D eigenvalue weighted by Crippen LogP contribution is -2.17. The maximum absolute atomic E-state index is 13.1. The van der Waals surface area contributed by atoms with Crippen LogP contribution in [0.15, 0.2) is 90.2 Å². The maximum atomic E-state index is 13.1. The fraction of sp³-hybridized carbons (Fsp3) is 0.115. The molecule has 1 amide bonds. The fourth-order valence-corrected chi connectivity index (χ4v) is 3.17. The molecule has 1 aromatic heterocycles. The highest BCUT2D eigenvalue weighted by atomic mass is 19.1. The van der Waals surface area contributed by atoms with Gasteiger partial charge >= 0.3 is 0 Å². The Balaban J connectivity index is 1.60.